The molecule has 1 atom stereocenters. The first-order chi connectivity index (χ1) is 20.7. The van der Waals surface area contributed by atoms with E-state index >= 15 is 13.2 Å². The van der Waals surface area contributed by atoms with E-state index in [1.807, 2.05) is 5.32 Å². The van der Waals surface area contributed by atoms with Gasteiger partial charge in [-0.25, -0.2) is 4.98 Å². The highest BCUT2D eigenvalue weighted by atomic mass is 19.4. The molecule has 228 valence electrons. The highest BCUT2D eigenvalue weighted by Gasteiger charge is 2.61. The lowest BCUT2D eigenvalue weighted by Crippen LogP contribution is -2.57. The number of hydrogen-bond acceptors (Lipinski definition) is 6. The Morgan fingerprint density at radius 2 is 1.73 bits per heavy atom. The molecule has 4 rings (SSSR count). The molecule has 0 aliphatic carbocycles. The molecular weight excluding hydrogens is 594 g/mol. The van der Waals surface area contributed by atoms with E-state index in [1.54, 1.807) is 6.07 Å². The SMILES string of the molecule is C=CC(=O)Nc1ccc(-c2c(C(NC(=O)c3ccccc3)(OC)C(F)(F)F)c3c(N)ncc(C#N)c3n2CC(F)(F)F)cc1. The smallest absolute Gasteiger partial charge is 0.383 e. The van der Waals surface area contributed by atoms with Crippen molar-refractivity contribution >= 4 is 34.2 Å². The van der Waals surface area contributed by atoms with E-state index in [1.165, 1.54) is 42.5 Å². The number of nitrogens with one attached hydrogen (secondary N) is 2. The summed E-state index contributed by atoms with van der Waals surface area (Å²) in [6.45, 7) is 1.45. The normalized spacial score (nSPS) is 13.1. The van der Waals surface area contributed by atoms with Gasteiger partial charge in [0.25, 0.3) is 11.6 Å². The van der Waals surface area contributed by atoms with Crippen LogP contribution in [-0.4, -0.2) is 40.8 Å². The summed E-state index contributed by atoms with van der Waals surface area (Å²) < 4.78 is 93.6. The van der Waals surface area contributed by atoms with Crippen LogP contribution >= 0.6 is 0 Å². The number of anilines is 2. The fraction of sp³-hybridized carbons (Fsp3) is 0.172. The summed E-state index contributed by atoms with van der Waals surface area (Å²) in [5.74, 6) is -2.56. The molecule has 2 amide bonds. The third-order valence-electron chi connectivity index (χ3n) is 6.56. The fourth-order valence-corrected chi connectivity index (χ4v) is 4.74. The molecule has 1 unspecified atom stereocenters. The maximum atomic E-state index is 15.3. The van der Waals surface area contributed by atoms with Crippen molar-refractivity contribution in [2.45, 2.75) is 24.6 Å². The second kappa shape index (κ2) is 11.7. The monoisotopic (exact) mass is 616 g/mol. The Labute approximate surface area is 245 Å². The average molecular weight is 617 g/mol. The lowest BCUT2D eigenvalue weighted by Gasteiger charge is -2.36. The zero-order valence-corrected chi connectivity index (χ0v) is 22.7. The minimum absolute atomic E-state index is 0.142. The summed E-state index contributed by atoms with van der Waals surface area (Å²) >= 11 is 0. The van der Waals surface area contributed by atoms with E-state index in [0.717, 1.165) is 24.4 Å². The predicted molar refractivity (Wildman–Crippen MR) is 148 cm³/mol. The summed E-state index contributed by atoms with van der Waals surface area (Å²) in [5.41, 5.74) is -1.02. The molecule has 4 N–H and O–H groups in total. The number of nitrogens with two attached hydrogens (primary N) is 1. The number of methoxy groups -OCH3 is 1. The van der Waals surface area contributed by atoms with Crippen LogP contribution < -0.4 is 16.4 Å². The first-order valence-electron chi connectivity index (χ1n) is 12.5. The van der Waals surface area contributed by atoms with E-state index in [2.05, 4.69) is 16.9 Å². The van der Waals surface area contributed by atoms with Crippen LogP contribution in [0.1, 0.15) is 21.5 Å². The molecule has 2 aromatic heterocycles. The molecule has 0 radical (unpaired) electrons. The molecule has 0 aliphatic heterocycles. The third-order valence-corrected chi connectivity index (χ3v) is 6.56. The Hall–Kier alpha value is -5.36. The maximum absolute atomic E-state index is 15.3. The van der Waals surface area contributed by atoms with Gasteiger partial charge in [-0.1, -0.05) is 36.9 Å². The van der Waals surface area contributed by atoms with Crippen LogP contribution in [0.15, 0.2) is 73.4 Å². The zero-order valence-electron chi connectivity index (χ0n) is 22.7. The number of nitriles is 1. The van der Waals surface area contributed by atoms with Gasteiger partial charge in [0.1, 0.15) is 18.4 Å². The van der Waals surface area contributed by atoms with Crippen molar-refractivity contribution in [3.8, 4) is 17.3 Å². The molecule has 4 aromatic rings. The number of aromatic nitrogens is 2. The maximum Gasteiger partial charge on any atom is 0.441 e. The Morgan fingerprint density at radius 3 is 2.25 bits per heavy atom. The predicted octanol–water partition coefficient (Wildman–Crippen LogP) is 5.64. The number of nitrogen functional groups attached to an aromatic ring is 1. The van der Waals surface area contributed by atoms with Crippen LogP contribution in [0.3, 0.4) is 0 Å². The number of pyridine rings is 1. The second-order valence-corrected chi connectivity index (χ2v) is 9.29. The van der Waals surface area contributed by atoms with Gasteiger partial charge in [0, 0.05) is 24.6 Å². The number of hydrogen-bond donors (Lipinski definition) is 3. The van der Waals surface area contributed by atoms with Gasteiger partial charge in [-0.2, -0.15) is 31.6 Å². The molecule has 0 saturated heterocycles. The molecule has 2 heterocycles. The number of ether oxygens (including phenoxy) is 1. The van der Waals surface area contributed by atoms with E-state index in [9.17, 15) is 28.0 Å². The Bertz CT molecular complexity index is 1780. The van der Waals surface area contributed by atoms with Crippen LogP contribution in [0.2, 0.25) is 0 Å². The summed E-state index contributed by atoms with van der Waals surface area (Å²) in [6.07, 6.45) is -8.75. The number of benzene rings is 2. The van der Waals surface area contributed by atoms with Crippen molar-refractivity contribution in [2.24, 2.45) is 0 Å². The first-order valence-corrected chi connectivity index (χ1v) is 12.5. The number of amides is 2. The van der Waals surface area contributed by atoms with Crippen LogP contribution in [-0.2, 0) is 21.8 Å². The highest BCUT2D eigenvalue weighted by Crippen LogP contribution is 2.50. The van der Waals surface area contributed by atoms with Crippen LogP contribution in [0, 0.1) is 11.3 Å². The summed E-state index contributed by atoms with van der Waals surface area (Å²) in [6, 6.07) is 13.2. The summed E-state index contributed by atoms with van der Waals surface area (Å²) in [7, 11) is 0.612. The number of fused-ring (bicyclic) bond motifs is 1. The van der Waals surface area contributed by atoms with E-state index in [0.29, 0.717) is 11.7 Å². The molecule has 2 aromatic carbocycles. The number of carbonyl (C=O) groups excluding carboxylic acids is 2. The van der Waals surface area contributed by atoms with Crippen LogP contribution in [0.5, 0.6) is 0 Å². The third kappa shape index (κ3) is 5.79. The number of rotatable bonds is 8. The van der Waals surface area contributed by atoms with Gasteiger partial charge >= 0.3 is 12.4 Å². The Balaban J connectivity index is 2.18. The molecule has 0 fully saturated rings. The number of nitrogens with zero attached hydrogens (tertiary/aromatic N) is 3. The van der Waals surface area contributed by atoms with Crippen molar-refractivity contribution < 1.29 is 40.7 Å². The van der Waals surface area contributed by atoms with Gasteiger partial charge in [0.2, 0.25) is 5.91 Å². The number of alkyl halides is 6. The standard InChI is InChI=1S/C29H22F6N6O3/c1-3-20(42)39-19-11-9-16(10-12-19)24-22(21-23(41(24)15-27(30,31)32)18(13-36)14-38-25(21)37)28(44-2,29(33,34)35)40-26(43)17-7-5-4-6-8-17/h3-12,14H,1,15H2,2H3,(H2,37,38)(H,39,42)(H,40,43). The lowest BCUT2D eigenvalue weighted by molar-refractivity contribution is -0.284. The average Bonchev–Trinajstić information content (AvgIpc) is 3.30. The minimum atomic E-state index is -5.52. The molecule has 15 heteroatoms. The quantitative estimate of drug-likeness (QED) is 0.133. The number of carbonyl (C=O) groups is 2. The molecule has 9 nitrogen and oxygen atoms in total. The van der Waals surface area contributed by atoms with Gasteiger partial charge in [0.15, 0.2) is 0 Å². The Kier molecular flexibility index (Phi) is 8.42. The first kappa shape index (κ1) is 31.6. The van der Waals surface area contributed by atoms with Crippen LogP contribution in [0.25, 0.3) is 22.2 Å². The van der Waals surface area contributed by atoms with Gasteiger partial charge < -0.3 is 25.7 Å². The molecular formula is C29H22F6N6O3. The van der Waals surface area contributed by atoms with Crippen LogP contribution in [0.4, 0.5) is 37.8 Å². The largest absolute Gasteiger partial charge is 0.441 e. The van der Waals surface area contributed by atoms with Crippen molar-refractivity contribution in [1.82, 2.24) is 14.9 Å². The molecule has 44 heavy (non-hydrogen) atoms. The number of halogens is 6. The van der Waals surface area contributed by atoms with Gasteiger partial charge in [-0.3, -0.25) is 9.59 Å². The van der Waals surface area contributed by atoms with E-state index in [4.69, 9.17) is 10.5 Å². The van der Waals surface area contributed by atoms with Gasteiger partial charge in [-0.05, 0) is 35.9 Å². The van der Waals surface area contributed by atoms with Crippen molar-refractivity contribution in [2.75, 3.05) is 18.2 Å². The molecule has 0 bridgehead atoms. The zero-order chi connectivity index (χ0) is 32.4. The highest BCUT2D eigenvalue weighted by molar-refractivity contribution is 6.03. The van der Waals surface area contributed by atoms with Crippen molar-refractivity contribution in [1.29, 1.82) is 5.26 Å². The molecule has 0 saturated carbocycles. The van der Waals surface area contributed by atoms with E-state index in [-0.39, 0.29) is 16.8 Å². The fourth-order valence-electron chi connectivity index (χ4n) is 4.74. The van der Waals surface area contributed by atoms with Crippen molar-refractivity contribution in [3.05, 3.63) is 90.1 Å². The molecule has 0 aliphatic rings. The van der Waals surface area contributed by atoms with Gasteiger partial charge in [0.05, 0.1) is 27.7 Å². The minimum Gasteiger partial charge on any atom is -0.383 e. The second-order valence-electron chi connectivity index (χ2n) is 9.29. The summed E-state index contributed by atoms with van der Waals surface area (Å²) in [5, 5.41) is 13.3. The van der Waals surface area contributed by atoms with Crippen molar-refractivity contribution in [3.63, 3.8) is 0 Å². The Morgan fingerprint density at radius 1 is 1.09 bits per heavy atom. The lowest BCUT2D eigenvalue weighted by atomic mass is 9.93. The summed E-state index contributed by atoms with van der Waals surface area (Å²) in [4.78, 5) is 28.7. The molecule has 0 spiro atoms. The topological polar surface area (TPSA) is 135 Å². The van der Waals surface area contributed by atoms with E-state index < -0.39 is 70.0 Å². The van der Waals surface area contributed by atoms with Gasteiger partial charge in [-0.15, -0.1) is 0 Å².